The van der Waals surface area contributed by atoms with Gasteiger partial charge < -0.3 is 14.5 Å². The average Bonchev–Trinajstić information content (AvgIpc) is 3.28. The highest BCUT2D eigenvalue weighted by Crippen LogP contribution is 2.29. The number of pyridine rings is 1. The number of aromatic nitrogens is 1. The summed E-state index contributed by atoms with van der Waals surface area (Å²) >= 11 is 0. The molecule has 0 fully saturated rings. The van der Waals surface area contributed by atoms with Crippen LogP contribution in [-0.2, 0) is 19.6 Å². The van der Waals surface area contributed by atoms with E-state index in [9.17, 15) is 23.3 Å². The largest absolute Gasteiger partial charge is 0.468 e. The fourth-order valence-corrected chi connectivity index (χ4v) is 5.40. The molecule has 0 saturated carbocycles. The number of furan rings is 1. The zero-order valence-corrected chi connectivity index (χ0v) is 22.5. The molecule has 200 valence electrons. The number of nitrogens with zero attached hydrogens (tertiary/aromatic N) is 2. The number of hydrogen-bond donors (Lipinski definition) is 2. The van der Waals surface area contributed by atoms with Crippen molar-refractivity contribution in [3.05, 3.63) is 77.7 Å². The number of benzene rings is 2. The van der Waals surface area contributed by atoms with Crippen molar-refractivity contribution in [2.45, 2.75) is 31.7 Å². The van der Waals surface area contributed by atoms with E-state index in [1.807, 2.05) is 0 Å². The molecule has 0 aliphatic rings. The zero-order valence-electron chi connectivity index (χ0n) is 21.7. The van der Waals surface area contributed by atoms with Gasteiger partial charge in [0.15, 0.2) is 5.76 Å². The number of sulfonamides is 1. The van der Waals surface area contributed by atoms with E-state index >= 15 is 0 Å². The third kappa shape index (κ3) is 5.67. The third-order valence-corrected chi connectivity index (χ3v) is 7.62. The second-order valence-electron chi connectivity index (χ2n) is 9.12. The smallest absolute Gasteiger partial charge is 0.324 e. The van der Waals surface area contributed by atoms with E-state index in [0.717, 1.165) is 0 Å². The van der Waals surface area contributed by atoms with E-state index in [0.29, 0.717) is 39.0 Å². The van der Waals surface area contributed by atoms with Crippen LogP contribution in [0.2, 0.25) is 0 Å². The van der Waals surface area contributed by atoms with Crippen LogP contribution in [0.4, 0.5) is 5.69 Å². The summed E-state index contributed by atoms with van der Waals surface area (Å²) in [5.74, 6) is -1.34. The van der Waals surface area contributed by atoms with Crippen LogP contribution in [-0.4, -0.2) is 38.4 Å². The highest BCUT2D eigenvalue weighted by molar-refractivity contribution is 7.89. The third-order valence-electron chi connectivity index (χ3n) is 6.17. The minimum atomic E-state index is -3.97. The van der Waals surface area contributed by atoms with Gasteiger partial charge in [-0.25, -0.2) is 8.42 Å². The van der Waals surface area contributed by atoms with E-state index in [2.05, 4.69) is 21.1 Å². The lowest BCUT2D eigenvalue weighted by molar-refractivity contribution is -0.143. The predicted octanol–water partition coefficient (Wildman–Crippen LogP) is 4.40. The monoisotopic (exact) mass is 546 g/mol. The molecule has 1 unspecified atom stereocenters. The molecule has 1 amide bonds. The Morgan fingerprint density at radius 3 is 2.38 bits per heavy atom. The number of rotatable bonds is 8. The first-order chi connectivity index (χ1) is 18.6. The van der Waals surface area contributed by atoms with Gasteiger partial charge in [-0.3, -0.25) is 14.6 Å². The normalized spacial score (nSPS) is 12.2. The van der Waals surface area contributed by atoms with Crippen LogP contribution >= 0.6 is 0 Å². The first-order valence-electron chi connectivity index (χ1n) is 12.0. The molecular weight excluding hydrogens is 520 g/mol. The Labute approximate surface area is 225 Å². The molecule has 11 heteroatoms. The fourth-order valence-electron chi connectivity index (χ4n) is 4.06. The topological polar surface area (TPSA) is 151 Å². The van der Waals surface area contributed by atoms with Crippen molar-refractivity contribution in [3.63, 3.8) is 0 Å². The Kier molecular flexibility index (Phi) is 7.80. The minimum Gasteiger partial charge on any atom is -0.468 e. The number of carbonyl (C=O) groups excluding carboxylic acids is 2. The number of esters is 1. The second kappa shape index (κ2) is 11.1. The molecule has 4 aromatic rings. The van der Waals surface area contributed by atoms with Crippen LogP contribution in [0, 0.1) is 24.2 Å². The molecule has 2 aromatic carbocycles. The highest BCUT2D eigenvalue weighted by Gasteiger charge is 2.29. The van der Waals surface area contributed by atoms with Gasteiger partial charge in [-0.1, -0.05) is 32.0 Å². The fraction of sp³-hybridized carbons (Fsp3) is 0.214. The zero-order chi connectivity index (χ0) is 28.3. The number of nitriles is 1. The number of ether oxygens (including phenoxy) is 1. The molecule has 0 bridgehead atoms. The van der Waals surface area contributed by atoms with Gasteiger partial charge in [0.25, 0.3) is 5.91 Å². The van der Waals surface area contributed by atoms with Crippen LogP contribution < -0.4 is 10.0 Å². The lowest BCUT2D eigenvalue weighted by Crippen LogP contribution is -2.44. The van der Waals surface area contributed by atoms with Crippen LogP contribution in [0.15, 0.2) is 70.1 Å². The molecule has 39 heavy (non-hydrogen) atoms. The maximum absolute atomic E-state index is 12.9. The second-order valence-corrected chi connectivity index (χ2v) is 10.8. The molecular formula is C28H26N4O6S. The first kappa shape index (κ1) is 27.5. The van der Waals surface area contributed by atoms with Crippen LogP contribution in [0.25, 0.3) is 22.2 Å². The van der Waals surface area contributed by atoms with Gasteiger partial charge in [0.2, 0.25) is 10.0 Å². The Bertz CT molecular complexity index is 1690. The molecule has 0 aliphatic carbocycles. The number of amides is 1. The molecule has 0 saturated heterocycles. The van der Waals surface area contributed by atoms with Gasteiger partial charge in [-0.15, -0.1) is 0 Å². The Hall–Kier alpha value is -4.53. The number of fused-ring (bicyclic) bond motifs is 1. The Morgan fingerprint density at radius 1 is 1.08 bits per heavy atom. The molecule has 2 N–H and O–H groups in total. The van der Waals surface area contributed by atoms with Crippen molar-refractivity contribution >= 4 is 38.6 Å². The number of anilines is 1. The van der Waals surface area contributed by atoms with Gasteiger partial charge in [-0.05, 0) is 49.2 Å². The number of hydrogen-bond acceptors (Lipinski definition) is 8. The molecule has 0 aliphatic heterocycles. The van der Waals surface area contributed by atoms with E-state index in [1.54, 1.807) is 63.2 Å². The molecule has 2 aromatic heterocycles. The SMILES string of the molecule is COC(=O)C(NS(=O)(=O)c1ccc(-c2ccc(NC(=O)c3oc4cccc(C#N)c4c3C)cn2)cc1)C(C)C. The lowest BCUT2D eigenvalue weighted by Gasteiger charge is -2.19. The summed E-state index contributed by atoms with van der Waals surface area (Å²) in [6, 6.07) is 15.5. The van der Waals surface area contributed by atoms with Crippen LogP contribution in [0.1, 0.15) is 35.5 Å². The van der Waals surface area contributed by atoms with E-state index in [4.69, 9.17) is 9.15 Å². The summed E-state index contributed by atoms with van der Waals surface area (Å²) in [6.45, 7) is 5.15. The first-order valence-corrected chi connectivity index (χ1v) is 13.4. The molecule has 0 spiro atoms. The minimum absolute atomic E-state index is 0.00885. The van der Waals surface area contributed by atoms with Crippen molar-refractivity contribution in [2.24, 2.45) is 5.92 Å². The van der Waals surface area contributed by atoms with E-state index < -0.39 is 27.9 Å². The highest BCUT2D eigenvalue weighted by atomic mass is 32.2. The summed E-state index contributed by atoms with van der Waals surface area (Å²) < 4.78 is 38.4. The summed E-state index contributed by atoms with van der Waals surface area (Å²) in [4.78, 5) is 29.2. The molecule has 0 radical (unpaired) electrons. The van der Waals surface area contributed by atoms with Gasteiger partial charge in [0.1, 0.15) is 11.6 Å². The lowest BCUT2D eigenvalue weighted by atomic mass is 10.1. The van der Waals surface area contributed by atoms with Crippen molar-refractivity contribution in [1.82, 2.24) is 9.71 Å². The van der Waals surface area contributed by atoms with Crippen molar-refractivity contribution in [2.75, 3.05) is 12.4 Å². The Morgan fingerprint density at radius 2 is 1.79 bits per heavy atom. The van der Waals surface area contributed by atoms with Crippen LogP contribution in [0.3, 0.4) is 0 Å². The van der Waals surface area contributed by atoms with Gasteiger partial charge >= 0.3 is 5.97 Å². The molecule has 4 rings (SSSR count). The van der Waals surface area contributed by atoms with E-state index in [1.165, 1.54) is 25.4 Å². The number of carbonyl (C=O) groups is 2. The summed E-state index contributed by atoms with van der Waals surface area (Å²) in [5.41, 5.74) is 3.08. The summed E-state index contributed by atoms with van der Waals surface area (Å²) in [7, 11) is -2.76. The quantitative estimate of drug-likeness (QED) is 0.309. The maximum Gasteiger partial charge on any atom is 0.324 e. The summed E-state index contributed by atoms with van der Waals surface area (Å²) in [5, 5.41) is 12.7. The standard InChI is InChI=1S/C28H26N4O6S/c1-16(2)25(28(34)37-4)32-39(35,36)21-11-8-18(9-12-21)22-13-10-20(15-30-22)31-27(33)26-17(3)24-19(14-29)6-5-7-23(24)38-26/h5-13,15-16,25,32H,1-4H3,(H,31,33). The molecule has 1 atom stereocenters. The van der Waals surface area contributed by atoms with Crippen molar-refractivity contribution < 1.29 is 27.2 Å². The molecule has 2 heterocycles. The van der Waals surface area contributed by atoms with E-state index in [-0.39, 0.29) is 16.6 Å². The van der Waals surface area contributed by atoms with Crippen molar-refractivity contribution in [1.29, 1.82) is 5.26 Å². The number of aryl methyl sites for hydroxylation is 1. The van der Waals surface area contributed by atoms with Crippen molar-refractivity contribution in [3.8, 4) is 17.3 Å². The number of methoxy groups -OCH3 is 1. The van der Waals surface area contributed by atoms with Gasteiger partial charge in [0.05, 0.1) is 41.2 Å². The predicted molar refractivity (Wildman–Crippen MR) is 144 cm³/mol. The summed E-state index contributed by atoms with van der Waals surface area (Å²) in [6.07, 6.45) is 1.47. The number of nitrogens with one attached hydrogen (secondary N) is 2. The average molecular weight is 547 g/mol. The van der Waals surface area contributed by atoms with Gasteiger partial charge in [0, 0.05) is 16.5 Å². The van der Waals surface area contributed by atoms with Crippen LogP contribution in [0.5, 0.6) is 0 Å². The maximum atomic E-state index is 12.9. The molecule has 10 nitrogen and oxygen atoms in total. The Balaban J connectivity index is 1.48. The van der Waals surface area contributed by atoms with Gasteiger partial charge in [-0.2, -0.15) is 9.98 Å².